The number of nitrogens with zero attached hydrogens (tertiary/aromatic N) is 4. The van der Waals surface area contributed by atoms with Crippen LogP contribution in [-0.4, -0.2) is 37.3 Å². The molecule has 2 aromatic heterocycles. The molecule has 0 saturated heterocycles. The molecular formula is C21H18N6O3S2. The van der Waals surface area contributed by atoms with Gasteiger partial charge in [-0.15, -0.1) is 10.2 Å². The molecule has 0 saturated carbocycles. The van der Waals surface area contributed by atoms with Crippen molar-refractivity contribution in [2.75, 3.05) is 16.4 Å². The second-order valence-corrected chi connectivity index (χ2v) is 8.95. The molecule has 0 radical (unpaired) electrons. The molecule has 2 amide bonds. The molecule has 11 heteroatoms. The molecule has 0 aliphatic rings. The van der Waals surface area contributed by atoms with Gasteiger partial charge in [0, 0.05) is 17.9 Å². The van der Waals surface area contributed by atoms with Crippen LogP contribution in [0.4, 0.5) is 10.8 Å². The fraction of sp³-hybridized carbons (Fsp3) is 0.143. The number of rotatable bonds is 8. The first-order valence-electron chi connectivity index (χ1n) is 9.64. The normalized spacial score (nSPS) is 10.8. The molecule has 162 valence electrons. The summed E-state index contributed by atoms with van der Waals surface area (Å²) in [5.41, 5.74) is 1.05. The lowest BCUT2D eigenvalue weighted by Crippen LogP contribution is -2.27. The Labute approximate surface area is 190 Å². The van der Waals surface area contributed by atoms with Gasteiger partial charge in [-0.2, -0.15) is 0 Å². The van der Waals surface area contributed by atoms with E-state index in [1.54, 1.807) is 24.3 Å². The third-order valence-electron chi connectivity index (χ3n) is 4.31. The summed E-state index contributed by atoms with van der Waals surface area (Å²) in [6.07, 6.45) is 1.67. The molecule has 0 atom stereocenters. The highest BCUT2D eigenvalue weighted by molar-refractivity contribution is 8.01. The van der Waals surface area contributed by atoms with Crippen LogP contribution in [-0.2, 0) is 16.1 Å². The van der Waals surface area contributed by atoms with Crippen molar-refractivity contribution >= 4 is 56.6 Å². The summed E-state index contributed by atoms with van der Waals surface area (Å²) in [4.78, 5) is 41.0. The number of hydrogen-bond acceptors (Lipinski definition) is 8. The van der Waals surface area contributed by atoms with Gasteiger partial charge in [0.1, 0.15) is 6.54 Å². The summed E-state index contributed by atoms with van der Waals surface area (Å²) in [6.45, 7) is -0.182. The van der Waals surface area contributed by atoms with Gasteiger partial charge in [0.05, 0.1) is 17.2 Å². The van der Waals surface area contributed by atoms with Crippen molar-refractivity contribution in [2.24, 2.45) is 0 Å². The monoisotopic (exact) mass is 466 g/mol. The minimum Gasteiger partial charge on any atom is -0.326 e. The number of carbonyl (C=O) groups excluding carboxylic acids is 2. The third-order valence-corrected chi connectivity index (χ3v) is 6.28. The molecular weight excluding hydrogens is 448 g/mol. The molecule has 0 aliphatic heterocycles. The molecule has 0 bridgehead atoms. The summed E-state index contributed by atoms with van der Waals surface area (Å²) >= 11 is 2.59. The first-order valence-corrected chi connectivity index (χ1v) is 11.4. The van der Waals surface area contributed by atoms with Gasteiger partial charge in [0.15, 0.2) is 4.34 Å². The third kappa shape index (κ3) is 5.56. The molecule has 9 nitrogen and oxygen atoms in total. The minimum atomic E-state index is -0.404. The second kappa shape index (κ2) is 10.2. The molecule has 4 rings (SSSR count). The van der Waals surface area contributed by atoms with Gasteiger partial charge in [0.2, 0.25) is 16.9 Å². The molecule has 0 spiro atoms. The van der Waals surface area contributed by atoms with E-state index in [1.807, 2.05) is 30.3 Å². The van der Waals surface area contributed by atoms with Crippen LogP contribution >= 0.6 is 23.1 Å². The van der Waals surface area contributed by atoms with Gasteiger partial charge in [-0.1, -0.05) is 53.4 Å². The van der Waals surface area contributed by atoms with Gasteiger partial charge in [-0.25, -0.2) is 4.98 Å². The van der Waals surface area contributed by atoms with E-state index in [9.17, 15) is 14.4 Å². The Balaban J connectivity index is 1.27. The predicted molar refractivity (Wildman–Crippen MR) is 125 cm³/mol. The number of nitrogens with one attached hydrogen (secondary N) is 2. The van der Waals surface area contributed by atoms with Crippen LogP contribution in [0.25, 0.3) is 10.9 Å². The zero-order chi connectivity index (χ0) is 22.3. The fourth-order valence-electron chi connectivity index (χ4n) is 2.83. The molecule has 2 N–H and O–H groups in total. The van der Waals surface area contributed by atoms with Gasteiger partial charge in [-0.05, 0) is 24.3 Å². The zero-order valence-electron chi connectivity index (χ0n) is 16.7. The van der Waals surface area contributed by atoms with E-state index in [-0.39, 0.29) is 18.0 Å². The van der Waals surface area contributed by atoms with E-state index in [2.05, 4.69) is 25.8 Å². The van der Waals surface area contributed by atoms with Gasteiger partial charge >= 0.3 is 0 Å². The van der Waals surface area contributed by atoms with Gasteiger partial charge in [-0.3, -0.25) is 24.3 Å². The number of carbonyl (C=O) groups is 2. The Hall–Kier alpha value is -3.57. The maximum atomic E-state index is 12.5. The Bertz CT molecular complexity index is 1310. The first-order chi connectivity index (χ1) is 15.6. The van der Waals surface area contributed by atoms with Crippen LogP contribution in [0.2, 0.25) is 0 Å². The van der Waals surface area contributed by atoms with Gasteiger partial charge < -0.3 is 5.32 Å². The summed E-state index contributed by atoms with van der Waals surface area (Å²) in [6, 6.07) is 16.2. The van der Waals surface area contributed by atoms with Crippen LogP contribution in [0.5, 0.6) is 0 Å². The number of thioether (sulfide) groups is 1. The highest BCUT2D eigenvalue weighted by atomic mass is 32.2. The molecule has 2 heterocycles. The minimum absolute atomic E-state index is 0.0869. The summed E-state index contributed by atoms with van der Waals surface area (Å²) in [7, 11) is 0. The number of fused-ring (bicyclic) bond motifs is 1. The summed E-state index contributed by atoms with van der Waals surface area (Å²) in [5, 5.41) is 14.2. The average molecular weight is 467 g/mol. The highest BCUT2D eigenvalue weighted by Gasteiger charge is 2.12. The summed E-state index contributed by atoms with van der Waals surface area (Å²) in [5.74, 6) is 0.0367. The first kappa shape index (κ1) is 21.7. The molecule has 32 heavy (non-hydrogen) atoms. The van der Waals surface area contributed by atoms with E-state index in [0.717, 1.165) is 5.69 Å². The van der Waals surface area contributed by atoms with Crippen LogP contribution in [0, 0.1) is 0 Å². The standard InChI is InChI=1S/C21H18N6O3S2/c28-17(23-14-6-2-1-3-7-14)10-11-31-21-26-25-20(32-21)24-18(29)12-27-13-22-16-9-5-4-8-15(16)19(27)30/h1-9,13H,10-12H2,(H,23,28)(H,24,25,29). The average Bonchev–Trinajstić information content (AvgIpc) is 3.23. The Morgan fingerprint density at radius 2 is 1.75 bits per heavy atom. The number of benzene rings is 2. The van der Waals surface area contributed by atoms with Crippen molar-refractivity contribution in [1.29, 1.82) is 0 Å². The number of para-hydroxylation sites is 2. The number of anilines is 2. The van der Waals surface area contributed by atoms with Gasteiger partial charge in [0.25, 0.3) is 5.56 Å². The molecule has 2 aromatic carbocycles. The van der Waals surface area contributed by atoms with Crippen molar-refractivity contribution in [3.63, 3.8) is 0 Å². The van der Waals surface area contributed by atoms with Crippen LogP contribution in [0.1, 0.15) is 6.42 Å². The molecule has 0 unspecified atom stereocenters. The van der Waals surface area contributed by atoms with Crippen LogP contribution in [0.15, 0.2) is 70.1 Å². The number of aromatic nitrogens is 4. The maximum absolute atomic E-state index is 12.5. The van der Waals surface area contributed by atoms with Crippen molar-refractivity contribution in [1.82, 2.24) is 19.7 Å². The molecule has 0 fully saturated rings. The maximum Gasteiger partial charge on any atom is 0.261 e. The zero-order valence-corrected chi connectivity index (χ0v) is 18.4. The lowest BCUT2D eigenvalue weighted by atomic mass is 10.2. The number of amides is 2. The van der Waals surface area contributed by atoms with Crippen LogP contribution < -0.4 is 16.2 Å². The second-order valence-electron chi connectivity index (χ2n) is 6.63. The molecule has 0 aliphatic carbocycles. The van der Waals surface area contributed by atoms with E-state index in [1.165, 1.54) is 34.0 Å². The Morgan fingerprint density at radius 1 is 0.969 bits per heavy atom. The fourth-order valence-corrected chi connectivity index (χ4v) is 4.60. The Kier molecular flexibility index (Phi) is 6.87. The lowest BCUT2D eigenvalue weighted by Gasteiger charge is -2.05. The van der Waals surface area contributed by atoms with Crippen molar-refractivity contribution in [3.8, 4) is 0 Å². The topological polar surface area (TPSA) is 119 Å². The van der Waals surface area contributed by atoms with E-state index in [0.29, 0.717) is 32.5 Å². The quantitative estimate of drug-likeness (QED) is 0.303. The Morgan fingerprint density at radius 3 is 2.59 bits per heavy atom. The van der Waals surface area contributed by atoms with E-state index in [4.69, 9.17) is 0 Å². The molecule has 4 aromatic rings. The highest BCUT2D eigenvalue weighted by Crippen LogP contribution is 2.26. The van der Waals surface area contributed by atoms with Crippen molar-refractivity contribution < 1.29 is 9.59 Å². The van der Waals surface area contributed by atoms with Crippen molar-refractivity contribution in [3.05, 3.63) is 71.3 Å². The smallest absolute Gasteiger partial charge is 0.261 e. The number of hydrogen-bond donors (Lipinski definition) is 2. The summed E-state index contributed by atoms with van der Waals surface area (Å²) < 4.78 is 1.89. The largest absolute Gasteiger partial charge is 0.326 e. The van der Waals surface area contributed by atoms with Crippen molar-refractivity contribution in [2.45, 2.75) is 17.3 Å². The predicted octanol–water partition coefficient (Wildman–Crippen LogP) is 3.01. The lowest BCUT2D eigenvalue weighted by molar-refractivity contribution is -0.117. The SMILES string of the molecule is O=C(CCSc1nnc(NC(=O)Cn2cnc3ccccc3c2=O)s1)Nc1ccccc1. The van der Waals surface area contributed by atoms with E-state index < -0.39 is 5.91 Å². The van der Waals surface area contributed by atoms with Crippen LogP contribution in [0.3, 0.4) is 0 Å². The van der Waals surface area contributed by atoms with E-state index >= 15 is 0 Å².